The van der Waals surface area contributed by atoms with Crippen molar-refractivity contribution >= 4 is 17.1 Å². The Kier molecular flexibility index (Phi) is 3.42. The number of aliphatic imine (C=N–C) groups is 1. The van der Waals surface area contributed by atoms with Gasteiger partial charge in [-0.25, -0.2) is 9.78 Å². The first kappa shape index (κ1) is 14.0. The van der Waals surface area contributed by atoms with Crippen molar-refractivity contribution < 1.29 is 4.79 Å². The molecule has 0 atom stereocenters. The van der Waals surface area contributed by atoms with E-state index in [2.05, 4.69) is 46.6 Å². The fourth-order valence-corrected chi connectivity index (χ4v) is 3.67. The summed E-state index contributed by atoms with van der Waals surface area (Å²) >= 11 is 0. The summed E-state index contributed by atoms with van der Waals surface area (Å²) in [6.45, 7) is 6.36. The molecule has 1 aromatic heterocycles. The summed E-state index contributed by atoms with van der Waals surface area (Å²) in [7, 11) is 0. The van der Waals surface area contributed by atoms with Crippen LogP contribution in [-0.4, -0.2) is 15.6 Å². The Bertz CT molecular complexity index is 717. The molecule has 0 N–H and O–H groups in total. The van der Waals surface area contributed by atoms with Crippen LogP contribution < -0.4 is 0 Å². The number of fused-ring (bicyclic) bond motifs is 1. The highest BCUT2D eigenvalue weighted by Gasteiger charge is 2.36. The summed E-state index contributed by atoms with van der Waals surface area (Å²) in [5.41, 5.74) is 2.87. The lowest BCUT2D eigenvalue weighted by atomic mass is 9.89. The molecule has 4 heteroatoms. The monoisotopic (exact) mass is 283 g/mol. The predicted octanol–water partition coefficient (Wildman–Crippen LogP) is 4.03. The maximum absolute atomic E-state index is 10.8. The number of isocyanates is 1. The zero-order valence-corrected chi connectivity index (χ0v) is 12.9. The number of aromatic nitrogens is 2. The first-order valence-electron chi connectivity index (χ1n) is 7.65. The van der Waals surface area contributed by atoms with Crippen LogP contribution in [0.5, 0.6) is 0 Å². The van der Waals surface area contributed by atoms with Crippen molar-refractivity contribution in [3.63, 3.8) is 0 Å². The minimum absolute atomic E-state index is 0.370. The first-order valence-corrected chi connectivity index (χ1v) is 7.65. The molecule has 2 aromatic rings. The normalized spacial score (nSPS) is 17.3. The van der Waals surface area contributed by atoms with Crippen LogP contribution in [0.4, 0.5) is 0 Å². The summed E-state index contributed by atoms with van der Waals surface area (Å²) < 4.78 is 2.24. The maximum Gasteiger partial charge on any atom is 0.235 e. The van der Waals surface area contributed by atoms with E-state index in [-0.39, 0.29) is 5.54 Å². The number of benzene rings is 1. The summed E-state index contributed by atoms with van der Waals surface area (Å²) in [5, 5.41) is 0. The minimum Gasteiger partial charge on any atom is -0.326 e. The second-order valence-electron chi connectivity index (χ2n) is 6.27. The van der Waals surface area contributed by atoms with Crippen molar-refractivity contribution in [1.82, 2.24) is 9.55 Å². The molecule has 1 aliphatic carbocycles. The molecule has 1 aromatic carbocycles. The van der Waals surface area contributed by atoms with E-state index < -0.39 is 0 Å². The van der Waals surface area contributed by atoms with Crippen LogP contribution in [0.25, 0.3) is 11.0 Å². The highest BCUT2D eigenvalue weighted by molar-refractivity contribution is 5.77. The van der Waals surface area contributed by atoms with Gasteiger partial charge in [0.15, 0.2) is 0 Å². The fourth-order valence-electron chi connectivity index (χ4n) is 3.67. The smallest absolute Gasteiger partial charge is 0.235 e. The molecule has 0 spiro atoms. The highest BCUT2D eigenvalue weighted by atomic mass is 16.1. The van der Waals surface area contributed by atoms with Crippen LogP contribution in [0.15, 0.2) is 23.2 Å². The quantitative estimate of drug-likeness (QED) is 0.630. The molecule has 0 bridgehead atoms. The molecule has 3 rings (SSSR count). The second kappa shape index (κ2) is 5.12. The molecule has 0 radical (unpaired) electrons. The molecule has 0 aliphatic heterocycles. The van der Waals surface area contributed by atoms with Gasteiger partial charge in [0.05, 0.1) is 16.6 Å². The Balaban J connectivity index is 2.16. The van der Waals surface area contributed by atoms with Gasteiger partial charge in [-0.3, -0.25) is 0 Å². The highest BCUT2D eigenvalue weighted by Crippen LogP contribution is 2.42. The molecule has 0 unspecified atom stereocenters. The lowest BCUT2D eigenvalue weighted by molar-refractivity contribution is 0.456. The third-order valence-electron chi connectivity index (χ3n) is 4.61. The largest absolute Gasteiger partial charge is 0.326 e. The van der Waals surface area contributed by atoms with Crippen LogP contribution in [0, 0.1) is 6.92 Å². The molecule has 1 fully saturated rings. The van der Waals surface area contributed by atoms with E-state index in [4.69, 9.17) is 0 Å². The van der Waals surface area contributed by atoms with E-state index in [0.29, 0.717) is 6.04 Å². The van der Waals surface area contributed by atoms with Gasteiger partial charge in [0.1, 0.15) is 5.82 Å². The predicted molar refractivity (Wildman–Crippen MR) is 83.1 cm³/mol. The van der Waals surface area contributed by atoms with Gasteiger partial charge in [0, 0.05) is 6.04 Å². The second-order valence-corrected chi connectivity index (χ2v) is 6.27. The number of aryl methyl sites for hydroxylation is 1. The van der Waals surface area contributed by atoms with Gasteiger partial charge in [0.2, 0.25) is 6.08 Å². The van der Waals surface area contributed by atoms with Crippen LogP contribution in [-0.2, 0) is 10.3 Å². The van der Waals surface area contributed by atoms with E-state index in [0.717, 1.165) is 48.1 Å². The number of hydrogen-bond acceptors (Lipinski definition) is 3. The molecule has 21 heavy (non-hydrogen) atoms. The van der Waals surface area contributed by atoms with Crippen LogP contribution in [0.1, 0.15) is 57.0 Å². The molecule has 0 amide bonds. The van der Waals surface area contributed by atoms with E-state index in [1.54, 1.807) is 6.08 Å². The molecule has 1 saturated carbocycles. The average Bonchev–Trinajstić information content (AvgIpc) is 3.02. The van der Waals surface area contributed by atoms with Crippen molar-refractivity contribution in [2.45, 2.75) is 58.0 Å². The van der Waals surface area contributed by atoms with Crippen LogP contribution >= 0.6 is 0 Å². The van der Waals surface area contributed by atoms with E-state index in [9.17, 15) is 4.79 Å². The van der Waals surface area contributed by atoms with Crippen molar-refractivity contribution in [3.8, 4) is 0 Å². The van der Waals surface area contributed by atoms with Gasteiger partial charge in [-0.15, -0.1) is 0 Å². The average molecular weight is 283 g/mol. The van der Waals surface area contributed by atoms with E-state index >= 15 is 0 Å². The topological polar surface area (TPSA) is 47.2 Å². The third kappa shape index (κ3) is 2.20. The molecule has 4 nitrogen and oxygen atoms in total. The Morgan fingerprint density at radius 2 is 2.05 bits per heavy atom. The number of nitrogens with zero attached hydrogens (tertiary/aromatic N) is 3. The van der Waals surface area contributed by atoms with E-state index in [1.807, 2.05) is 6.92 Å². The Morgan fingerprint density at radius 1 is 1.33 bits per heavy atom. The van der Waals surface area contributed by atoms with Crippen molar-refractivity contribution in [3.05, 3.63) is 29.6 Å². The van der Waals surface area contributed by atoms with Crippen LogP contribution in [0.2, 0.25) is 0 Å². The van der Waals surface area contributed by atoms with Gasteiger partial charge < -0.3 is 4.57 Å². The molecule has 1 aliphatic rings. The fraction of sp³-hybridized carbons (Fsp3) is 0.529. The number of rotatable bonds is 3. The Labute approximate surface area is 124 Å². The standard InChI is InChI=1S/C17H21N3O/c1-12(2)20-13(3)19-15-10-14(6-7-16(15)20)17(18-11-21)8-4-5-9-17/h6-7,10,12H,4-5,8-9H2,1-3H3. The van der Waals surface area contributed by atoms with Crippen molar-refractivity contribution in [1.29, 1.82) is 0 Å². The van der Waals surface area contributed by atoms with Crippen molar-refractivity contribution in [2.75, 3.05) is 0 Å². The Morgan fingerprint density at radius 3 is 2.67 bits per heavy atom. The maximum atomic E-state index is 10.8. The zero-order valence-electron chi connectivity index (χ0n) is 12.9. The molecule has 110 valence electrons. The molecule has 0 saturated heterocycles. The summed E-state index contributed by atoms with van der Waals surface area (Å²) in [5.74, 6) is 1.02. The van der Waals surface area contributed by atoms with Gasteiger partial charge in [-0.1, -0.05) is 18.9 Å². The third-order valence-corrected chi connectivity index (χ3v) is 4.61. The van der Waals surface area contributed by atoms with E-state index in [1.165, 1.54) is 0 Å². The lowest BCUT2D eigenvalue weighted by Gasteiger charge is -2.22. The van der Waals surface area contributed by atoms with Gasteiger partial charge in [-0.2, -0.15) is 4.99 Å². The zero-order chi connectivity index (χ0) is 15.0. The summed E-state index contributed by atoms with van der Waals surface area (Å²) in [6.07, 6.45) is 5.87. The first-order chi connectivity index (χ1) is 10.1. The summed E-state index contributed by atoms with van der Waals surface area (Å²) in [6, 6.07) is 6.71. The van der Waals surface area contributed by atoms with Gasteiger partial charge in [0.25, 0.3) is 0 Å². The lowest BCUT2D eigenvalue weighted by Crippen LogP contribution is -2.18. The van der Waals surface area contributed by atoms with Crippen LogP contribution in [0.3, 0.4) is 0 Å². The number of hydrogen-bond donors (Lipinski definition) is 0. The van der Waals surface area contributed by atoms with Gasteiger partial charge >= 0.3 is 0 Å². The SMILES string of the molecule is Cc1nc2cc(C3(N=C=O)CCCC3)ccc2n1C(C)C. The molecular formula is C17H21N3O. The van der Waals surface area contributed by atoms with Gasteiger partial charge in [-0.05, 0) is 51.3 Å². The van der Waals surface area contributed by atoms with Crippen molar-refractivity contribution in [2.24, 2.45) is 4.99 Å². The summed E-state index contributed by atoms with van der Waals surface area (Å²) in [4.78, 5) is 19.7. The molecule has 1 heterocycles. The number of imidazole rings is 1. The molecular weight excluding hydrogens is 262 g/mol. The number of carbonyl (C=O) groups excluding carboxylic acids is 1. The minimum atomic E-state index is -0.370. The Hall–Kier alpha value is -1.93.